The summed E-state index contributed by atoms with van der Waals surface area (Å²) in [5, 5.41) is 0.980. The van der Waals surface area contributed by atoms with Crippen LogP contribution in [0, 0.1) is 5.92 Å². The van der Waals surface area contributed by atoms with Crippen LogP contribution in [0.5, 0.6) is 5.75 Å². The van der Waals surface area contributed by atoms with E-state index in [1.54, 1.807) is 19.5 Å². The van der Waals surface area contributed by atoms with Gasteiger partial charge in [0.05, 0.1) is 6.61 Å². The Morgan fingerprint density at radius 3 is 3.05 bits per heavy atom. The maximum absolute atomic E-state index is 5.80. The van der Waals surface area contributed by atoms with Crippen molar-refractivity contribution >= 4 is 16.7 Å². The summed E-state index contributed by atoms with van der Waals surface area (Å²) < 4.78 is 15.1. The standard InChI is InChI=1S/C14H18N4O2S/c1-19-10-13-16-14(21-17-13)18-7-4-11(8-18)9-20-12-2-5-15-6-3-12/h2-3,5-6,11H,4,7-10H2,1H3. The zero-order valence-corrected chi connectivity index (χ0v) is 12.8. The van der Waals surface area contributed by atoms with E-state index in [0.717, 1.165) is 42.8 Å². The van der Waals surface area contributed by atoms with Crippen LogP contribution >= 0.6 is 11.5 Å². The van der Waals surface area contributed by atoms with Gasteiger partial charge in [0.15, 0.2) is 5.82 Å². The molecule has 0 radical (unpaired) electrons. The Balaban J connectivity index is 1.50. The summed E-state index contributed by atoms with van der Waals surface area (Å²) in [5.41, 5.74) is 0. The van der Waals surface area contributed by atoms with E-state index in [0.29, 0.717) is 12.5 Å². The number of pyridine rings is 1. The monoisotopic (exact) mass is 306 g/mol. The van der Waals surface area contributed by atoms with Crippen LogP contribution in [0.25, 0.3) is 0 Å². The first-order valence-corrected chi connectivity index (χ1v) is 7.72. The smallest absolute Gasteiger partial charge is 0.205 e. The van der Waals surface area contributed by atoms with Gasteiger partial charge >= 0.3 is 0 Å². The number of ether oxygens (including phenoxy) is 2. The molecule has 112 valence electrons. The third-order valence-corrected chi connectivity index (χ3v) is 4.24. The molecule has 1 aliphatic rings. The van der Waals surface area contributed by atoms with Gasteiger partial charge in [0.1, 0.15) is 12.4 Å². The number of aromatic nitrogens is 3. The topological polar surface area (TPSA) is 60.4 Å². The van der Waals surface area contributed by atoms with Crippen molar-refractivity contribution in [1.29, 1.82) is 0 Å². The Hall–Kier alpha value is -1.73. The molecule has 1 unspecified atom stereocenters. The molecular formula is C14H18N4O2S. The molecule has 0 aromatic carbocycles. The molecule has 1 fully saturated rings. The van der Waals surface area contributed by atoms with E-state index in [4.69, 9.17) is 9.47 Å². The van der Waals surface area contributed by atoms with Crippen molar-refractivity contribution in [2.45, 2.75) is 13.0 Å². The van der Waals surface area contributed by atoms with Gasteiger partial charge in [-0.15, -0.1) is 0 Å². The summed E-state index contributed by atoms with van der Waals surface area (Å²) in [6.07, 6.45) is 4.61. The molecule has 1 atom stereocenters. The van der Waals surface area contributed by atoms with Gasteiger partial charge in [-0.1, -0.05) is 0 Å². The van der Waals surface area contributed by atoms with Gasteiger partial charge in [-0.2, -0.15) is 4.37 Å². The number of anilines is 1. The molecule has 1 aliphatic heterocycles. The van der Waals surface area contributed by atoms with E-state index in [-0.39, 0.29) is 0 Å². The zero-order valence-electron chi connectivity index (χ0n) is 11.9. The predicted octanol–water partition coefficient (Wildman–Crippen LogP) is 1.98. The van der Waals surface area contributed by atoms with Gasteiger partial charge in [-0.3, -0.25) is 4.98 Å². The fourth-order valence-electron chi connectivity index (χ4n) is 2.35. The molecule has 3 heterocycles. The second-order valence-corrected chi connectivity index (χ2v) is 5.75. The SMILES string of the molecule is COCc1nsc(N2CCC(COc3ccncc3)C2)n1. The van der Waals surface area contributed by atoms with E-state index in [1.807, 2.05) is 12.1 Å². The maximum Gasteiger partial charge on any atom is 0.205 e. The second-order valence-electron chi connectivity index (χ2n) is 5.02. The molecule has 7 heteroatoms. The summed E-state index contributed by atoms with van der Waals surface area (Å²) in [6, 6.07) is 3.77. The highest BCUT2D eigenvalue weighted by Crippen LogP contribution is 2.26. The van der Waals surface area contributed by atoms with Crippen molar-refractivity contribution in [3.8, 4) is 5.75 Å². The Morgan fingerprint density at radius 2 is 2.24 bits per heavy atom. The fraction of sp³-hybridized carbons (Fsp3) is 0.500. The summed E-state index contributed by atoms with van der Waals surface area (Å²) in [4.78, 5) is 10.8. The molecule has 1 saturated heterocycles. The van der Waals surface area contributed by atoms with Gasteiger partial charge in [0, 0.05) is 50.0 Å². The van der Waals surface area contributed by atoms with Gasteiger partial charge < -0.3 is 14.4 Å². The second kappa shape index (κ2) is 6.82. The molecule has 3 rings (SSSR count). The molecule has 2 aromatic rings. The highest BCUT2D eigenvalue weighted by molar-refractivity contribution is 7.09. The maximum atomic E-state index is 5.80. The van der Waals surface area contributed by atoms with Crippen molar-refractivity contribution in [3.05, 3.63) is 30.4 Å². The molecule has 2 aromatic heterocycles. The fourth-order valence-corrected chi connectivity index (χ4v) is 3.06. The van der Waals surface area contributed by atoms with Crippen LogP contribution in [0.2, 0.25) is 0 Å². The number of nitrogens with zero attached hydrogens (tertiary/aromatic N) is 4. The highest BCUT2D eigenvalue weighted by Gasteiger charge is 2.25. The van der Waals surface area contributed by atoms with Crippen LogP contribution in [0.1, 0.15) is 12.2 Å². The Labute approximate surface area is 127 Å². The summed E-state index contributed by atoms with van der Waals surface area (Å²) in [6.45, 7) is 3.17. The molecular weight excluding hydrogens is 288 g/mol. The van der Waals surface area contributed by atoms with E-state index in [1.165, 1.54) is 11.5 Å². The Morgan fingerprint density at radius 1 is 1.38 bits per heavy atom. The van der Waals surface area contributed by atoms with Crippen LogP contribution in [0.3, 0.4) is 0 Å². The number of hydrogen-bond donors (Lipinski definition) is 0. The molecule has 0 aliphatic carbocycles. The molecule has 6 nitrogen and oxygen atoms in total. The van der Waals surface area contributed by atoms with Crippen molar-refractivity contribution in [2.24, 2.45) is 5.92 Å². The van der Waals surface area contributed by atoms with E-state index in [9.17, 15) is 0 Å². The molecule has 0 amide bonds. The third kappa shape index (κ3) is 3.68. The van der Waals surface area contributed by atoms with Crippen LogP contribution in [-0.2, 0) is 11.3 Å². The Bertz CT molecular complexity index is 563. The van der Waals surface area contributed by atoms with Crippen molar-refractivity contribution in [1.82, 2.24) is 14.3 Å². The summed E-state index contributed by atoms with van der Waals surface area (Å²) in [5.74, 6) is 2.16. The lowest BCUT2D eigenvalue weighted by Gasteiger charge is -2.14. The summed E-state index contributed by atoms with van der Waals surface area (Å²) in [7, 11) is 1.66. The molecule has 0 N–H and O–H groups in total. The molecule has 21 heavy (non-hydrogen) atoms. The highest BCUT2D eigenvalue weighted by atomic mass is 32.1. The lowest BCUT2D eigenvalue weighted by molar-refractivity contribution is 0.179. The average Bonchev–Trinajstić information content (AvgIpc) is 3.15. The molecule has 0 saturated carbocycles. The van der Waals surface area contributed by atoms with Crippen molar-refractivity contribution in [2.75, 3.05) is 31.7 Å². The minimum atomic E-state index is 0.471. The van der Waals surface area contributed by atoms with Crippen LogP contribution in [0.15, 0.2) is 24.5 Å². The minimum absolute atomic E-state index is 0.471. The van der Waals surface area contributed by atoms with Crippen LogP contribution in [0.4, 0.5) is 5.13 Å². The molecule has 0 bridgehead atoms. The zero-order chi connectivity index (χ0) is 14.5. The van der Waals surface area contributed by atoms with Crippen LogP contribution < -0.4 is 9.64 Å². The Kier molecular flexibility index (Phi) is 4.62. The van der Waals surface area contributed by atoms with Gasteiger partial charge in [-0.25, -0.2) is 4.98 Å². The largest absolute Gasteiger partial charge is 0.493 e. The van der Waals surface area contributed by atoms with Crippen molar-refractivity contribution in [3.63, 3.8) is 0 Å². The quantitative estimate of drug-likeness (QED) is 0.813. The van der Waals surface area contributed by atoms with E-state index in [2.05, 4.69) is 19.2 Å². The summed E-state index contributed by atoms with van der Waals surface area (Å²) >= 11 is 1.44. The minimum Gasteiger partial charge on any atom is -0.493 e. The average molecular weight is 306 g/mol. The first kappa shape index (κ1) is 14.2. The third-order valence-electron chi connectivity index (χ3n) is 3.42. The first-order chi connectivity index (χ1) is 10.3. The van der Waals surface area contributed by atoms with Gasteiger partial charge in [-0.05, 0) is 18.6 Å². The first-order valence-electron chi connectivity index (χ1n) is 6.94. The number of hydrogen-bond acceptors (Lipinski definition) is 7. The van der Waals surface area contributed by atoms with Crippen molar-refractivity contribution < 1.29 is 9.47 Å². The number of rotatable bonds is 6. The molecule has 0 spiro atoms. The van der Waals surface area contributed by atoms with Gasteiger partial charge in [0.25, 0.3) is 0 Å². The van der Waals surface area contributed by atoms with Crippen LogP contribution in [-0.4, -0.2) is 41.1 Å². The lowest BCUT2D eigenvalue weighted by Crippen LogP contribution is -2.21. The number of methoxy groups -OCH3 is 1. The van der Waals surface area contributed by atoms with E-state index >= 15 is 0 Å². The lowest BCUT2D eigenvalue weighted by atomic mass is 10.1. The normalized spacial score (nSPS) is 18.1. The van der Waals surface area contributed by atoms with Gasteiger partial charge in [0.2, 0.25) is 5.13 Å². The predicted molar refractivity (Wildman–Crippen MR) is 80.7 cm³/mol. The van der Waals surface area contributed by atoms with E-state index < -0.39 is 0 Å².